The van der Waals surface area contributed by atoms with Crippen molar-refractivity contribution in [3.05, 3.63) is 91.1 Å². The zero-order chi connectivity index (χ0) is 31.8. The van der Waals surface area contributed by atoms with E-state index in [9.17, 15) is 19.8 Å². The van der Waals surface area contributed by atoms with Crippen LogP contribution in [0.1, 0.15) is 55.1 Å². The highest BCUT2D eigenvalue weighted by Gasteiger charge is 2.27. The molecule has 45 heavy (non-hydrogen) atoms. The maximum absolute atomic E-state index is 13.9. The van der Waals surface area contributed by atoms with Crippen LogP contribution in [-0.2, 0) is 25.8 Å². The Bertz CT molecular complexity index is 2110. The van der Waals surface area contributed by atoms with Gasteiger partial charge in [0.05, 0.1) is 30.7 Å². The summed E-state index contributed by atoms with van der Waals surface area (Å²) in [4.78, 5) is 46.6. The molecule has 3 N–H and O–H groups in total. The fourth-order valence-electron chi connectivity index (χ4n) is 5.95. The van der Waals surface area contributed by atoms with Crippen LogP contribution >= 0.6 is 11.3 Å². The molecule has 0 unspecified atom stereocenters. The number of ether oxygens (including phenoxy) is 2. The lowest BCUT2D eigenvalue weighted by atomic mass is 9.95. The fourth-order valence-corrected chi connectivity index (χ4v) is 7.24. The molecule has 4 aromatic heterocycles. The number of nitrogens with one attached hydrogen (secondary N) is 3. The Hall–Kier alpha value is -4.97. The maximum Gasteiger partial charge on any atom is 0.267 e. The van der Waals surface area contributed by atoms with Crippen LogP contribution < -0.4 is 31.2 Å². The number of hydrogen-bond donors (Lipinski definition) is 3. The molecule has 0 fully saturated rings. The van der Waals surface area contributed by atoms with E-state index in [4.69, 9.17) is 14.5 Å². The van der Waals surface area contributed by atoms with E-state index in [0.29, 0.717) is 39.8 Å². The third-order valence-corrected chi connectivity index (χ3v) is 9.51. The summed E-state index contributed by atoms with van der Waals surface area (Å²) in [6.07, 6.45) is 5.74. The Labute approximate surface area is 263 Å². The molecule has 11 nitrogen and oxygen atoms in total. The normalized spacial score (nSPS) is 12.6. The minimum absolute atomic E-state index is 0.00976. The largest absolute Gasteiger partial charge is 0.493 e. The van der Waals surface area contributed by atoms with Gasteiger partial charge in [-0.3, -0.25) is 24.2 Å². The lowest BCUT2D eigenvalue weighted by Gasteiger charge is -2.16. The van der Waals surface area contributed by atoms with Crippen molar-refractivity contribution in [1.29, 1.82) is 5.41 Å². The van der Waals surface area contributed by atoms with Crippen molar-refractivity contribution in [3.8, 4) is 11.5 Å². The number of amides is 2. The molecule has 0 bridgehead atoms. The van der Waals surface area contributed by atoms with Crippen LogP contribution in [-0.4, -0.2) is 47.0 Å². The molecule has 12 heteroatoms. The summed E-state index contributed by atoms with van der Waals surface area (Å²) in [7, 11) is 4.71. The van der Waals surface area contributed by atoms with E-state index < -0.39 is 5.91 Å². The van der Waals surface area contributed by atoms with Crippen LogP contribution in [0.15, 0.2) is 47.4 Å². The average molecular weight is 627 g/mol. The van der Waals surface area contributed by atoms with Gasteiger partial charge in [0.2, 0.25) is 0 Å². The van der Waals surface area contributed by atoms with E-state index in [1.165, 1.54) is 21.8 Å². The van der Waals surface area contributed by atoms with Gasteiger partial charge in [-0.15, -0.1) is 11.3 Å². The summed E-state index contributed by atoms with van der Waals surface area (Å²) in [5, 5.41) is 15.5. The summed E-state index contributed by atoms with van der Waals surface area (Å²) in [5.74, 6) is 0.345. The standard InChI is InChI=1S/C33H34N6O5S/c1-18-8-7-14-39-28(18)36-29-22(33(39)42)17-21(27(34)38(29)15-13-19-11-12-23(43-3)24(16-19)44-4)30(40)37-32-26(31(41)35-2)20-9-5-6-10-25(20)45-32/h7-8,11-12,14,16-17,34H,5-6,9-10,13,15H2,1-4H3,(H,35,41)(H,37,40). The van der Waals surface area contributed by atoms with Crippen molar-refractivity contribution < 1.29 is 19.1 Å². The van der Waals surface area contributed by atoms with Crippen LogP contribution in [0.3, 0.4) is 0 Å². The van der Waals surface area contributed by atoms with Crippen LogP contribution in [0.25, 0.3) is 16.7 Å². The van der Waals surface area contributed by atoms with Crippen molar-refractivity contribution in [3.63, 3.8) is 0 Å². The van der Waals surface area contributed by atoms with Crippen LogP contribution in [0, 0.1) is 12.3 Å². The molecule has 0 aliphatic heterocycles. The molecule has 1 aromatic carbocycles. The van der Waals surface area contributed by atoms with Gasteiger partial charge < -0.3 is 24.7 Å². The first kappa shape index (κ1) is 30.1. The maximum atomic E-state index is 13.9. The van der Waals surface area contributed by atoms with E-state index >= 15 is 0 Å². The summed E-state index contributed by atoms with van der Waals surface area (Å²) in [5.41, 5.74) is 3.53. The van der Waals surface area contributed by atoms with Crippen molar-refractivity contribution in [2.45, 2.75) is 45.6 Å². The number of methoxy groups -OCH3 is 2. The number of carbonyl (C=O) groups is 2. The second-order valence-electron chi connectivity index (χ2n) is 11.0. The van der Waals surface area contributed by atoms with Crippen molar-refractivity contribution in [2.75, 3.05) is 26.6 Å². The van der Waals surface area contributed by atoms with E-state index in [2.05, 4.69) is 10.6 Å². The summed E-state index contributed by atoms with van der Waals surface area (Å²) < 4.78 is 13.9. The average Bonchev–Trinajstić information content (AvgIpc) is 3.41. The molecule has 0 spiro atoms. The molecule has 1 aliphatic carbocycles. The third-order valence-electron chi connectivity index (χ3n) is 8.30. The predicted molar refractivity (Wildman–Crippen MR) is 173 cm³/mol. The Morgan fingerprint density at radius 2 is 1.82 bits per heavy atom. The molecule has 232 valence electrons. The topological polar surface area (TPSA) is 140 Å². The Balaban J connectivity index is 1.48. The number of hydrogen-bond acceptors (Lipinski definition) is 8. The number of thiophene rings is 1. The molecule has 0 saturated heterocycles. The Morgan fingerprint density at radius 1 is 1.04 bits per heavy atom. The monoisotopic (exact) mass is 626 g/mol. The van der Waals surface area contributed by atoms with Gasteiger partial charge in [0, 0.05) is 24.7 Å². The number of benzene rings is 1. The highest BCUT2D eigenvalue weighted by atomic mass is 32.1. The highest BCUT2D eigenvalue weighted by molar-refractivity contribution is 7.17. The zero-order valence-corrected chi connectivity index (χ0v) is 26.4. The lowest BCUT2D eigenvalue weighted by Crippen LogP contribution is -2.33. The van der Waals surface area contributed by atoms with Crippen LogP contribution in [0.4, 0.5) is 5.00 Å². The second kappa shape index (κ2) is 12.2. The number of aromatic nitrogens is 3. The third kappa shape index (κ3) is 5.35. The van der Waals surface area contributed by atoms with E-state index in [0.717, 1.165) is 47.3 Å². The Kier molecular flexibility index (Phi) is 8.15. The van der Waals surface area contributed by atoms with Crippen LogP contribution in [0.2, 0.25) is 0 Å². The summed E-state index contributed by atoms with van der Waals surface area (Å²) in [6.45, 7) is 2.13. The highest BCUT2D eigenvalue weighted by Crippen LogP contribution is 2.38. The van der Waals surface area contributed by atoms with E-state index in [1.54, 1.807) is 38.1 Å². The summed E-state index contributed by atoms with van der Waals surface area (Å²) >= 11 is 1.40. The van der Waals surface area contributed by atoms with Crippen molar-refractivity contribution in [2.24, 2.45) is 0 Å². The first-order valence-corrected chi connectivity index (χ1v) is 15.6. The van der Waals surface area contributed by atoms with Gasteiger partial charge in [0.15, 0.2) is 11.5 Å². The zero-order valence-electron chi connectivity index (χ0n) is 25.6. The number of anilines is 1. The number of fused-ring (bicyclic) bond motifs is 3. The molecule has 4 heterocycles. The first-order chi connectivity index (χ1) is 21.7. The van der Waals surface area contributed by atoms with Gasteiger partial charge in [-0.25, -0.2) is 4.98 Å². The molecule has 0 atom stereocenters. The minimum atomic E-state index is -0.570. The van der Waals surface area contributed by atoms with E-state index in [-0.39, 0.29) is 34.4 Å². The smallest absolute Gasteiger partial charge is 0.267 e. The quantitative estimate of drug-likeness (QED) is 0.220. The van der Waals surface area contributed by atoms with Gasteiger partial charge in [-0.2, -0.15) is 0 Å². The molecular formula is C33H34N6O5S. The van der Waals surface area contributed by atoms with Gasteiger partial charge in [-0.1, -0.05) is 12.1 Å². The van der Waals surface area contributed by atoms with E-state index in [1.807, 2.05) is 31.2 Å². The van der Waals surface area contributed by atoms with Gasteiger partial charge in [0.25, 0.3) is 17.4 Å². The number of aryl methyl sites for hydroxylation is 4. The molecule has 1 aliphatic rings. The second-order valence-corrected chi connectivity index (χ2v) is 12.1. The molecule has 0 radical (unpaired) electrons. The van der Waals surface area contributed by atoms with Gasteiger partial charge in [0.1, 0.15) is 21.8 Å². The molecule has 5 aromatic rings. The number of carbonyl (C=O) groups excluding carboxylic acids is 2. The summed E-state index contributed by atoms with van der Waals surface area (Å²) in [6, 6.07) is 10.7. The SMILES string of the molecule is CNC(=O)c1c(NC(=O)c2cc3c(=O)n4cccc(C)c4nc3n(CCc3ccc(OC)c(OC)c3)c2=N)sc2c1CCCC2. The Morgan fingerprint density at radius 3 is 2.58 bits per heavy atom. The number of rotatable bonds is 8. The molecule has 0 saturated carbocycles. The predicted octanol–water partition coefficient (Wildman–Crippen LogP) is 4.25. The van der Waals surface area contributed by atoms with Gasteiger partial charge >= 0.3 is 0 Å². The molecule has 6 rings (SSSR count). The van der Waals surface area contributed by atoms with Gasteiger partial charge in [-0.05, 0) is 80.0 Å². The van der Waals surface area contributed by atoms with Crippen molar-refractivity contribution >= 4 is 44.8 Å². The fraction of sp³-hybridized carbons (Fsp3) is 0.303. The van der Waals surface area contributed by atoms with Crippen LogP contribution in [0.5, 0.6) is 11.5 Å². The first-order valence-electron chi connectivity index (χ1n) is 14.7. The lowest BCUT2D eigenvalue weighted by molar-refractivity contribution is 0.0963. The minimum Gasteiger partial charge on any atom is -0.493 e. The number of pyridine rings is 2. The van der Waals surface area contributed by atoms with Crippen molar-refractivity contribution in [1.82, 2.24) is 19.3 Å². The molecule has 2 amide bonds. The number of nitrogens with zero attached hydrogens (tertiary/aromatic N) is 3. The molecular weight excluding hydrogens is 592 g/mol.